The molecule has 0 bridgehead atoms. The summed E-state index contributed by atoms with van der Waals surface area (Å²) in [6.07, 6.45) is 6.70. The molecule has 7 heteroatoms. The molecule has 0 fully saturated rings. The summed E-state index contributed by atoms with van der Waals surface area (Å²) in [5.41, 5.74) is 11.3. The molecule has 0 amide bonds. The first-order valence-corrected chi connectivity index (χ1v) is 8.99. The van der Waals surface area contributed by atoms with Crippen molar-refractivity contribution in [3.05, 3.63) is 54.1 Å². The van der Waals surface area contributed by atoms with Crippen LogP contribution in [0.3, 0.4) is 0 Å². The number of rotatable bonds is 8. The van der Waals surface area contributed by atoms with Crippen LogP contribution in [-0.4, -0.2) is 36.0 Å². The molecule has 1 aliphatic carbocycles. The smallest absolute Gasteiger partial charge is 0.314 e. The molecule has 1 aromatic rings. The lowest BCUT2D eigenvalue weighted by Crippen LogP contribution is -2.31. The fourth-order valence-electron chi connectivity index (χ4n) is 2.59. The molecule has 0 saturated carbocycles. The summed E-state index contributed by atoms with van der Waals surface area (Å²) in [6.45, 7) is 3.29. The highest BCUT2D eigenvalue weighted by Crippen LogP contribution is 2.39. The average molecular weight is 361 g/mol. The van der Waals surface area contributed by atoms with E-state index in [2.05, 4.69) is 4.99 Å². The monoisotopic (exact) mass is 361 g/mol. The molecule has 1 aliphatic rings. The minimum atomic E-state index is -0.912. The minimum Gasteiger partial charge on any atom is -0.481 e. The van der Waals surface area contributed by atoms with Gasteiger partial charge in [0.2, 0.25) is 0 Å². The van der Waals surface area contributed by atoms with Gasteiger partial charge in [0, 0.05) is 22.8 Å². The lowest BCUT2D eigenvalue weighted by molar-refractivity contribution is -0.138. The molecule has 0 unspecified atom stereocenters. The maximum atomic E-state index is 11.2. The zero-order valence-corrected chi connectivity index (χ0v) is 14.9. The molecule has 0 aromatic heterocycles. The molecule has 0 heterocycles. The van der Waals surface area contributed by atoms with E-state index in [9.17, 15) is 9.90 Å². The fourth-order valence-corrected chi connectivity index (χ4v) is 3.57. The Morgan fingerprint density at radius 2 is 2.00 bits per heavy atom. The number of carbonyl (C=O) groups is 1. The summed E-state index contributed by atoms with van der Waals surface area (Å²) in [6, 6.07) is 7.81. The van der Waals surface area contributed by atoms with Crippen molar-refractivity contribution in [2.45, 2.75) is 17.4 Å². The largest absolute Gasteiger partial charge is 0.481 e. The highest BCUT2D eigenvalue weighted by Gasteiger charge is 2.32. The summed E-state index contributed by atoms with van der Waals surface area (Å²) < 4.78 is 5.39. The molecule has 0 radical (unpaired) electrons. The van der Waals surface area contributed by atoms with Crippen molar-refractivity contribution in [2.24, 2.45) is 22.4 Å². The van der Waals surface area contributed by atoms with Gasteiger partial charge < -0.3 is 21.3 Å². The predicted molar refractivity (Wildman–Crippen MR) is 101 cm³/mol. The van der Waals surface area contributed by atoms with E-state index in [0.717, 1.165) is 16.2 Å². The first-order valence-electron chi connectivity index (χ1n) is 8.01. The first kappa shape index (κ1) is 19.1. The standard InChI is InChI=1S/C18H23N3O3S/c1-2-24-11-12-25-15-6-4-3-5-14(15)18(21-17(19)20)9-7-13(8-10-18)16(22)23/h3-10,13H,2,11-12H2,1H3,(H,22,23)(H4,19,20,21). The van der Waals surface area contributed by atoms with E-state index in [1.807, 2.05) is 31.2 Å². The second-order valence-corrected chi connectivity index (χ2v) is 6.62. The van der Waals surface area contributed by atoms with E-state index in [1.54, 1.807) is 36.1 Å². The van der Waals surface area contributed by atoms with Crippen LogP contribution in [0, 0.1) is 5.92 Å². The molecule has 2 rings (SSSR count). The van der Waals surface area contributed by atoms with E-state index in [4.69, 9.17) is 16.2 Å². The van der Waals surface area contributed by atoms with Gasteiger partial charge in [-0.15, -0.1) is 11.8 Å². The number of carboxylic acid groups (broad SMARTS) is 1. The maximum absolute atomic E-state index is 11.2. The van der Waals surface area contributed by atoms with Gasteiger partial charge in [-0.25, -0.2) is 4.99 Å². The highest BCUT2D eigenvalue weighted by molar-refractivity contribution is 7.99. The maximum Gasteiger partial charge on any atom is 0.314 e. The number of benzene rings is 1. The summed E-state index contributed by atoms with van der Waals surface area (Å²) in [4.78, 5) is 16.6. The Bertz CT molecular complexity index is 683. The number of hydrogen-bond acceptors (Lipinski definition) is 4. The molecule has 0 aliphatic heterocycles. The molecule has 134 valence electrons. The predicted octanol–water partition coefficient (Wildman–Crippen LogP) is 2.11. The molecule has 0 atom stereocenters. The number of nitrogens with zero attached hydrogens (tertiary/aromatic N) is 1. The van der Waals surface area contributed by atoms with Gasteiger partial charge in [0.25, 0.3) is 0 Å². The van der Waals surface area contributed by atoms with E-state index in [0.29, 0.717) is 13.2 Å². The quantitative estimate of drug-likeness (QED) is 0.215. The van der Waals surface area contributed by atoms with Crippen LogP contribution in [0.2, 0.25) is 0 Å². The van der Waals surface area contributed by atoms with Gasteiger partial charge >= 0.3 is 5.97 Å². The molecule has 5 N–H and O–H groups in total. The number of aliphatic carboxylic acids is 1. The van der Waals surface area contributed by atoms with Gasteiger partial charge in [-0.3, -0.25) is 4.79 Å². The van der Waals surface area contributed by atoms with Crippen molar-refractivity contribution in [2.75, 3.05) is 19.0 Å². The van der Waals surface area contributed by atoms with Crippen LogP contribution in [0.5, 0.6) is 0 Å². The Morgan fingerprint density at radius 1 is 1.32 bits per heavy atom. The van der Waals surface area contributed by atoms with Gasteiger partial charge in [-0.2, -0.15) is 0 Å². The Hall–Kier alpha value is -2.25. The van der Waals surface area contributed by atoms with E-state index < -0.39 is 17.4 Å². The second-order valence-electron chi connectivity index (χ2n) is 5.49. The van der Waals surface area contributed by atoms with E-state index in [1.165, 1.54) is 0 Å². The molecule has 1 aromatic carbocycles. The number of aliphatic imine (C=N–C) groups is 1. The number of hydrogen-bond donors (Lipinski definition) is 3. The summed E-state index contributed by atoms with van der Waals surface area (Å²) in [7, 11) is 0. The first-order chi connectivity index (χ1) is 12.0. The van der Waals surface area contributed by atoms with Crippen molar-refractivity contribution in [1.82, 2.24) is 0 Å². The van der Waals surface area contributed by atoms with Crippen LogP contribution < -0.4 is 11.5 Å². The Kier molecular flexibility index (Phi) is 6.66. The van der Waals surface area contributed by atoms with Crippen LogP contribution in [0.25, 0.3) is 0 Å². The molecule has 6 nitrogen and oxygen atoms in total. The second kappa shape index (κ2) is 8.73. The van der Waals surface area contributed by atoms with Gasteiger partial charge in [0.15, 0.2) is 5.96 Å². The molecular formula is C18H23N3O3S. The third kappa shape index (κ3) is 4.87. The van der Waals surface area contributed by atoms with E-state index >= 15 is 0 Å². The Labute approximate surface area is 151 Å². The minimum absolute atomic E-state index is 0.0582. The SMILES string of the molecule is CCOCCSc1ccccc1C1(N=C(N)N)C=CC(C(=O)O)C=C1. The van der Waals surface area contributed by atoms with Crippen LogP contribution >= 0.6 is 11.8 Å². The van der Waals surface area contributed by atoms with Crippen LogP contribution in [-0.2, 0) is 15.1 Å². The summed E-state index contributed by atoms with van der Waals surface area (Å²) in [5.74, 6) is -0.851. The summed E-state index contributed by atoms with van der Waals surface area (Å²) >= 11 is 1.65. The van der Waals surface area contributed by atoms with Gasteiger partial charge in [-0.05, 0) is 13.0 Å². The highest BCUT2D eigenvalue weighted by atomic mass is 32.2. The summed E-state index contributed by atoms with van der Waals surface area (Å²) in [5, 5.41) is 9.18. The molecular weight excluding hydrogens is 338 g/mol. The third-order valence-electron chi connectivity index (χ3n) is 3.72. The van der Waals surface area contributed by atoms with Crippen molar-refractivity contribution in [3.63, 3.8) is 0 Å². The average Bonchev–Trinajstić information content (AvgIpc) is 2.59. The van der Waals surface area contributed by atoms with Crippen molar-refractivity contribution < 1.29 is 14.6 Å². The number of thioether (sulfide) groups is 1. The van der Waals surface area contributed by atoms with Crippen molar-refractivity contribution in [3.8, 4) is 0 Å². The van der Waals surface area contributed by atoms with Crippen LogP contribution in [0.1, 0.15) is 12.5 Å². The molecule has 25 heavy (non-hydrogen) atoms. The number of carboxylic acids is 1. The van der Waals surface area contributed by atoms with Crippen LogP contribution in [0.4, 0.5) is 0 Å². The fraction of sp³-hybridized carbons (Fsp3) is 0.333. The third-order valence-corrected chi connectivity index (χ3v) is 4.76. The Balaban J connectivity index is 2.37. The topological polar surface area (TPSA) is 111 Å². The molecule has 0 saturated heterocycles. The van der Waals surface area contributed by atoms with Crippen molar-refractivity contribution in [1.29, 1.82) is 0 Å². The molecule has 0 spiro atoms. The zero-order chi connectivity index (χ0) is 18.3. The van der Waals surface area contributed by atoms with E-state index in [-0.39, 0.29) is 5.96 Å². The van der Waals surface area contributed by atoms with Crippen LogP contribution in [0.15, 0.2) is 58.5 Å². The van der Waals surface area contributed by atoms with Gasteiger partial charge in [-0.1, -0.05) is 42.5 Å². The normalized spacial score (nSPS) is 21.9. The number of nitrogens with two attached hydrogens (primary N) is 2. The van der Waals surface area contributed by atoms with Crippen molar-refractivity contribution >= 4 is 23.7 Å². The van der Waals surface area contributed by atoms with Gasteiger partial charge in [0.05, 0.1) is 12.5 Å². The number of guanidine groups is 1. The number of ether oxygens (including phenoxy) is 1. The lowest BCUT2D eigenvalue weighted by atomic mass is 9.84. The lowest BCUT2D eigenvalue weighted by Gasteiger charge is -2.29. The van der Waals surface area contributed by atoms with Gasteiger partial charge in [0.1, 0.15) is 5.54 Å². The zero-order valence-electron chi connectivity index (χ0n) is 14.1. The Morgan fingerprint density at radius 3 is 2.60 bits per heavy atom.